The maximum Gasteiger partial charge on any atom is 0.124 e. The minimum absolute atomic E-state index is 0.522. The van der Waals surface area contributed by atoms with E-state index in [0.717, 1.165) is 25.5 Å². The summed E-state index contributed by atoms with van der Waals surface area (Å²) >= 11 is 0. The summed E-state index contributed by atoms with van der Waals surface area (Å²) in [6, 6.07) is 11.5. The molecular formula is C17H22N4. The van der Waals surface area contributed by atoms with Gasteiger partial charge in [-0.25, -0.2) is 4.68 Å². The molecule has 1 aliphatic carbocycles. The SMILES string of the molecule is c1ccc2c(c1)CCC[C@@H]2NC[C@H]1CNc2ccnn2C1. The fourth-order valence-electron chi connectivity index (χ4n) is 3.60. The first-order valence-electron chi connectivity index (χ1n) is 7.97. The van der Waals surface area contributed by atoms with E-state index in [1.807, 2.05) is 12.3 Å². The molecule has 4 nitrogen and oxygen atoms in total. The molecule has 4 heteroatoms. The van der Waals surface area contributed by atoms with E-state index >= 15 is 0 Å². The van der Waals surface area contributed by atoms with Crippen molar-refractivity contribution in [2.24, 2.45) is 5.92 Å². The van der Waals surface area contributed by atoms with Gasteiger partial charge >= 0.3 is 0 Å². The first kappa shape index (κ1) is 12.9. The van der Waals surface area contributed by atoms with Gasteiger partial charge in [-0.3, -0.25) is 0 Å². The molecular weight excluding hydrogens is 260 g/mol. The van der Waals surface area contributed by atoms with Crippen molar-refractivity contribution in [1.29, 1.82) is 0 Å². The second kappa shape index (κ2) is 5.53. The van der Waals surface area contributed by atoms with Crippen LogP contribution < -0.4 is 10.6 Å². The Labute approximate surface area is 125 Å². The summed E-state index contributed by atoms with van der Waals surface area (Å²) in [6.45, 7) is 3.09. The third kappa shape index (κ3) is 2.56. The van der Waals surface area contributed by atoms with Crippen molar-refractivity contribution in [3.8, 4) is 0 Å². The molecule has 4 rings (SSSR count). The van der Waals surface area contributed by atoms with Crippen molar-refractivity contribution >= 4 is 5.82 Å². The number of nitrogens with one attached hydrogen (secondary N) is 2. The quantitative estimate of drug-likeness (QED) is 0.909. The Morgan fingerprint density at radius 2 is 2.24 bits per heavy atom. The lowest BCUT2D eigenvalue weighted by atomic mass is 9.87. The molecule has 0 bridgehead atoms. The molecule has 0 saturated heterocycles. The van der Waals surface area contributed by atoms with Crippen molar-refractivity contribution in [2.45, 2.75) is 31.8 Å². The number of hydrogen-bond acceptors (Lipinski definition) is 3. The molecule has 21 heavy (non-hydrogen) atoms. The molecule has 1 aliphatic heterocycles. The Bertz CT molecular complexity index is 619. The van der Waals surface area contributed by atoms with Gasteiger partial charge in [0, 0.05) is 37.7 Å². The van der Waals surface area contributed by atoms with Crippen LogP contribution in [0.4, 0.5) is 5.82 Å². The third-order valence-corrected chi connectivity index (χ3v) is 4.74. The molecule has 0 amide bonds. The predicted molar refractivity (Wildman–Crippen MR) is 84.3 cm³/mol. The lowest BCUT2D eigenvalue weighted by Gasteiger charge is -2.30. The number of fused-ring (bicyclic) bond motifs is 2. The maximum atomic E-state index is 4.36. The van der Waals surface area contributed by atoms with Crippen molar-refractivity contribution in [3.05, 3.63) is 47.7 Å². The van der Waals surface area contributed by atoms with Crippen LogP contribution in [-0.2, 0) is 13.0 Å². The first-order chi connectivity index (χ1) is 10.4. The molecule has 0 radical (unpaired) electrons. The Kier molecular flexibility index (Phi) is 3.39. The fourth-order valence-corrected chi connectivity index (χ4v) is 3.60. The van der Waals surface area contributed by atoms with E-state index in [4.69, 9.17) is 0 Å². The van der Waals surface area contributed by atoms with Crippen LogP contribution in [0.1, 0.15) is 30.0 Å². The predicted octanol–water partition coefficient (Wildman–Crippen LogP) is 2.59. The molecule has 2 heterocycles. The van der Waals surface area contributed by atoms with Crippen molar-refractivity contribution in [3.63, 3.8) is 0 Å². The van der Waals surface area contributed by atoms with Crippen LogP contribution in [0.3, 0.4) is 0 Å². The van der Waals surface area contributed by atoms with Crippen molar-refractivity contribution in [1.82, 2.24) is 15.1 Å². The van der Waals surface area contributed by atoms with E-state index in [1.165, 1.54) is 30.4 Å². The Morgan fingerprint density at radius 3 is 3.24 bits per heavy atom. The van der Waals surface area contributed by atoms with Crippen LogP contribution in [0, 0.1) is 5.92 Å². The highest BCUT2D eigenvalue weighted by molar-refractivity contribution is 5.35. The highest BCUT2D eigenvalue weighted by Crippen LogP contribution is 2.29. The smallest absolute Gasteiger partial charge is 0.124 e. The zero-order valence-electron chi connectivity index (χ0n) is 12.3. The molecule has 0 saturated carbocycles. The molecule has 0 fully saturated rings. The molecule has 2 atom stereocenters. The number of nitrogens with zero attached hydrogens (tertiary/aromatic N) is 2. The molecule has 0 spiro atoms. The second-order valence-electron chi connectivity index (χ2n) is 6.20. The number of hydrogen-bond donors (Lipinski definition) is 2. The standard InChI is InChI=1S/C17H22N4/c1-2-6-15-14(4-1)5-3-7-16(15)18-10-13-11-19-17-8-9-20-21(17)12-13/h1-2,4,6,8-9,13,16,18-19H,3,5,7,10-12H2/t13-,16-/m0/s1. The van der Waals surface area contributed by atoms with Gasteiger partial charge in [-0.15, -0.1) is 0 Å². The van der Waals surface area contributed by atoms with Crippen LogP contribution in [-0.4, -0.2) is 22.9 Å². The summed E-state index contributed by atoms with van der Waals surface area (Å²) in [5.41, 5.74) is 3.03. The lowest BCUT2D eigenvalue weighted by Crippen LogP contribution is -2.37. The van der Waals surface area contributed by atoms with Gasteiger partial charge in [0.05, 0.1) is 6.20 Å². The number of anilines is 1. The van der Waals surface area contributed by atoms with Gasteiger partial charge < -0.3 is 10.6 Å². The molecule has 2 aromatic rings. The lowest BCUT2D eigenvalue weighted by molar-refractivity contribution is 0.356. The number of aromatic nitrogens is 2. The molecule has 0 unspecified atom stereocenters. The maximum absolute atomic E-state index is 4.36. The van der Waals surface area contributed by atoms with Crippen LogP contribution in [0.25, 0.3) is 0 Å². The van der Waals surface area contributed by atoms with Gasteiger partial charge in [-0.2, -0.15) is 5.10 Å². The monoisotopic (exact) mass is 282 g/mol. The third-order valence-electron chi connectivity index (χ3n) is 4.74. The van der Waals surface area contributed by atoms with E-state index in [2.05, 4.69) is 44.7 Å². The van der Waals surface area contributed by atoms with Crippen molar-refractivity contribution < 1.29 is 0 Å². The van der Waals surface area contributed by atoms with Gasteiger partial charge in [0.15, 0.2) is 0 Å². The minimum atomic E-state index is 0.522. The summed E-state index contributed by atoms with van der Waals surface area (Å²) in [6.07, 6.45) is 5.65. The van der Waals surface area contributed by atoms with E-state index in [1.54, 1.807) is 0 Å². The zero-order chi connectivity index (χ0) is 14.1. The average Bonchev–Trinajstić information content (AvgIpc) is 3.00. The van der Waals surface area contributed by atoms with Crippen LogP contribution in [0.15, 0.2) is 36.5 Å². The Hall–Kier alpha value is -1.81. The Balaban J connectivity index is 1.40. The first-order valence-corrected chi connectivity index (χ1v) is 7.97. The van der Waals surface area contributed by atoms with Gasteiger partial charge in [0.1, 0.15) is 5.82 Å². The number of rotatable bonds is 3. The largest absolute Gasteiger partial charge is 0.370 e. The van der Waals surface area contributed by atoms with E-state index in [-0.39, 0.29) is 0 Å². The average molecular weight is 282 g/mol. The highest BCUT2D eigenvalue weighted by atomic mass is 15.3. The molecule has 2 N–H and O–H groups in total. The van der Waals surface area contributed by atoms with Gasteiger partial charge in [-0.1, -0.05) is 24.3 Å². The fraction of sp³-hybridized carbons (Fsp3) is 0.471. The Morgan fingerprint density at radius 1 is 1.29 bits per heavy atom. The topological polar surface area (TPSA) is 41.9 Å². The van der Waals surface area contributed by atoms with Gasteiger partial charge in [0.25, 0.3) is 0 Å². The normalized spacial score (nSPS) is 24.0. The summed E-state index contributed by atoms with van der Waals surface area (Å²) in [7, 11) is 0. The summed E-state index contributed by atoms with van der Waals surface area (Å²) in [4.78, 5) is 0. The van der Waals surface area contributed by atoms with Crippen LogP contribution in [0.5, 0.6) is 0 Å². The van der Waals surface area contributed by atoms with Crippen molar-refractivity contribution in [2.75, 3.05) is 18.4 Å². The molecule has 1 aromatic heterocycles. The molecule has 2 aliphatic rings. The molecule has 110 valence electrons. The summed E-state index contributed by atoms with van der Waals surface area (Å²) in [5.74, 6) is 1.75. The van der Waals surface area contributed by atoms with Gasteiger partial charge in [0.2, 0.25) is 0 Å². The zero-order valence-corrected chi connectivity index (χ0v) is 12.3. The minimum Gasteiger partial charge on any atom is -0.370 e. The summed E-state index contributed by atoms with van der Waals surface area (Å²) in [5, 5.41) is 11.6. The number of aryl methyl sites for hydroxylation is 1. The van der Waals surface area contributed by atoms with E-state index in [0.29, 0.717) is 12.0 Å². The van der Waals surface area contributed by atoms with Crippen LogP contribution >= 0.6 is 0 Å². The van der Waals surface area contributed by atoms with Crippen LogP contribution in [0.2, 0.25) is 0 Å². The molecule has 1 aromatic carbocycles. The summed E-state index contributed by atoms with van der Waals surface area (Å²) < 4.78 is 2.07. The highest BCUT2D eigenvalue weighted by Gasteiger charge is 2.22. The van der Waals surface area contributed by atoms with E-state index in [9.17, 15) is 0 Å². The van der Waals surface area contributed by atoms with Gasteiger partial charge in [-0.05, 0) is 30.4 Å². The second-order valence-corrected chi connectivity index (χ2v) is 6.20. The number of benzene rings is 1. The van der Waals surface area contributed by atoms with E-state index < -0.39 is 0 Å².